The van der Waals surface area contributed by atoms with Gasteiger partial charge in [0.2, 0.25) is 0 Å². The summed E-state index contributed by atoms with van der Waals surface area (Å²) in [5, 5.41) is 0. The third-order valence-electron chi connectivity index (χ3n) is 2.35. The molecule has 1 aliphatic rings. The molecule has 0 amide bonds. The molecule has 1 nitrogen and oxygen atoms in total. The maximum absolute atomic E-state index is 12.5. The SMILES string of the molecule is CC1(C(F)(F)F)C=CC(/C=C/C=O)C=C1. The molecule has 0 fully saturated rings. The van der Waals surface area contributed by atoms with Crippen LogP contribution in [0.25, 0.3) is 0 Å². The second-order valence-electron chi connectivity index (χ2n) is 3.60. The summed E-state index contributed by atoms with van der Waals surface area (Å²) in [7, 11) is 0. The smallest absolute Gasteiger partial charge is 0.299 e. The second-order valence-corrected chi connectivity index (χ2v) is 3.60. The lowest BCUT2D eigenvalue weighted by Crippen LogP contribution is -2.32. The summed E-state index contributed by atoms with van der Waals surface area (Å²) in [6.07, 6.45) is 4.24. The van der Waals surface area contributed by atoms with Crippen LogP contribution in [-0.2, 0) is 4.79 Å². The van der Waals surface area contributed by atoms with Crippen LogP contribution in [0.2, 0.25) is 0 Å². The number of carbonyl (C=O) groups is 1. The molecular weight excluding hydrogens is 205 g/mol. The lowest BCUT2D eigenvalue weighted by atomic mass is 9.83. The predicted molar refractivity (Wildman–Crippen MR) is 51.1 cm³/mol. The van der Waals surface area contributed by atoms with E-state index in [1.54, 1.807) is 0 Å². The Morgan fingerprint density at radius 1 is 1.27 bits per heavy atom. The fourth-order valence-corrected chi connectivity index (χ4v) is 1.23. The zero-order chi connectivity index (χ0) is 11.5. The predicted octanol–water partition coefficient (Wildman–Crippen LogP) is 3.05. The Morgan fingerprint density at radius 2 is 1.80 bits per heavy atom. The van der Waals surface area contributed by atoms with Gasteiger partial charge in [-0.3, -0.25) is 4.79 Å². The summed E-state index contributed by atoms with van der Waals surface area (Å²) in [6, 6.07) is 0. The van der Waals surface area contributed by atoms with E-state index in [-0.39, 0.29) is 5.92 Å². The zero-order valence-electron chi connectivity index (χ0n) is 8.16. The molecule has 0 spiro atoms. The quantitative estimate of drug-likeness (QED) is 0.394. The van der Waals surface area contributed by atoms with Crippen LogP contribution < -0.4 is 0 Å². The first kappa shape index (κ1) is 11.8. The molecule has 4 heteroatoms. The molecule has 0 aliphatic heterocycles. The zero-order valence-corrected chi connectivity index (χ0v) is 8.16. The highest BCUT2D eigenvalue weighted by Gasteiger charge is 2.48. The third-order valence-corrected chi connectivity index (χ3v) is 2.35. The maximum Gasteiger partial charge on any atom is 0.400 e. The van der Waals surface area contributed by atoms with Crippen LogP contribution in [0.4, 0.5) is 13.2 Å². The van der Waals surface area contributed by atoms with E-state index < -0.39 is 11.6 Å². The molecule has 0 aromatic rings. The van der Waals surface area contributed by atoms with Gasteiger partial charge in [-0.05, 0) is 13.0 Å². The molecule has 0 saturated heterocycles. The molecule has 0 heterocycles. The number of carbonyl (C=O) groups excluding carboxylic acids is 1. The molecule has 82 valence electrons. The van der Waals surface area contributed by atoms with Gasteiger partial charge in [-0.1, -0.05) is 30.4 Å². The number of alkyl halides is 3. The van der Waals surface area contributed by atoms with E-state index >= 15 is 0 Å². The number of hydrogen-bond acceptors (Lipinski definition) is 1. The van der Waals surface area contributed by atoms with Crippen molar-refractivity contribution in [3.63, 3.8) is 0 Å². The summed E-state index contributed by atoms with van der Waals surface area (Å²) in [4.78, 5) is 10.0. The van der Waals surface area contributed by atoms with Gasteiger partial charge in [0.05, 0.1) is 5.41 Å². The van der Waals surface area contributed by atoms with Crippen molar-refractivity contribution in [1.29, 1.82) is 0 Å². The van der Waals surface area contributed by atoms with Crippen molar-refractivity contribution in [2.45, 2.75) is 13.1 Å². The lowest BCUT2D eigenvalue weighted by Gasteiger charge is -2.28. The van der Waals surface area contributed by atoms with E-state index in [1.165, 1.54) is 24.3 Å². The van der Waals surface area contributed by atoms with E-state index in [0.29, 0.717) is 6.29 Å². The van der Waals surface area contributed by atoms with Crippen molar-refractivity contribution < 1.29 is 18.0 Å². The topological polar surface area (TPSA) is 17.1 Å². The average Bonchev–Trinajstić information content (AvgIpc) is 2.15. The van der Waals surface area contributed by atoms with Gasteiger partial charge in [-0.15, -0.1) is 0 Å². The van der Waals surface area contributed by atoms with Crippen molar-refractivity contribution in [3.8, 4) is 0 Å². The summed E-state index contributed by atoms with van der Waals surface area (Å²) >= 11 is 0. The molecule has 0 aromatic carbocycles. The highest BCUT2D eigenvalue weighted by Crippen LogP contribution is 2.42. The summed E-state index contributed by atoms with van der Waals surface area (Å²) in [5.41, 5.74) is -1.89. The van der Waals surface area contributed by atoms with Gasteiger partial charge >= 0.3 is 6.18 Å². The number of allylic oxidation sites excluding steroid dienone is 6. The van der Waals surface area contributed by atoms with Gasteiger partial charge in [0.1, 0.15) is 6.29 Å². The minimum atomic E-state index is -4.28. The largest absolute Gasteiger partial charge is 0.400 e. The van der Waals surface area contributed by atoms with Crippen LogP contribution in [0.5, 0.6) is 0 Å². The first-order valence-corrected chi connectivity index (χ1v) is 4.46. The Labute approximate surface area is 86.0 Å². The molecular formula is C11H11F3O. The van der Waals surface area contributed by atoms with Crippen LogP contribution >= 0.6 is 0 Å². The molecule has 0 saturated carbocycles. The molecule has 0 bridgehead atoms. The summed E-state index contributed by atoms with van der Waals surface area (Å²) in [5.74, 6) is -0.231. The highest BCUT2D eigenvalue weighted by molar-refractivity contribution is 5.64. The van der Waals surface area contributed by atoms with Gasteiger partial charge in [-0.2, -0.15) is 13.2 Å². The molecule has 15 heavy (non-hydrogen) atoms. The molecule has 0 unspecified atom stereocenters. The molecule has 0 aromatic heterocycles. The molecule has 0 atom stereocenters. The second kappa shape index (κ2) is 4.04. The van der Waals surface area contributed by atoms with Crippen molar-refractivity contribution in [1.82, 2.24) is 0 Å². The highest BCUT2D eigenvalue weighted by atomic mass is 19.4. The van der Waals surface area contributed by atoms with Crippen LogP contribution in [0.3, 0.4) is 0 Å². The van der Waals surface area contributed by atoms with Crippen LogP contribution in [0, 0.1) is 11.3 Å². The number of hydrogen-bond donors (Lipinski definition) is 0. The molecule has 1 rings (SSSR count). The lowest BCUT2D eigenvalue weighted by molar-refractivity contribution is -0.183. The normalized spacial score (nSPS) is 31.1. The van der Waals surface area contributed by atoms with Crippen molar-refractivity contribution in [2.24, 2.45) is 11.3 Å². The standard InChI is InChI=1S/C11H11F3O/c1-10(11(12,13)14)6-4-9(5-7-10)3-2-8-15/h2-9H,1H3/b3-2+. The first-order chi connectivity index (χ1) is 6.89. The number of halogens is 3. The number of rotatable bonds is 2. The molecule has 0 radical (unpaired) electrons. The monoisotopic (exact) mass is 216 g/mol. The van der Waals surface area contributed by atoms with Crippen LogP contribution in [0.1, 0.15) is 6.92 Å². The summed E-state index contributed by atoms with van der Waals surface area (Å²) in [6.45, 7) is 1.11. The minimum Gasteiger partial charge on any atom is -0.299 e. The Hall–Kier alpha value is -1.32. The Bertz CT molecular complexity index is 309. The molecule has 0 N–H and O–H groups in total. The Kier molecular flexibility index (Phi) is 3.17. The van der Waals surface area contributed by atoms with Crippen LogP contribution in [0.15, 0.2) is 36.5 Å². The van der Waals surface area contributed by atoms with Crippen LogP contribution in [-0.4, -0.2) is 12.5 Å². The third kappa shape index (κ3) is 2.58. The van der Waals surface area contributed by atoms with Gasteiger partial charge in [0, 0.05) is 5.92 Å². The molecule has 1 aliphatic carbocycles. The Balaban J connectivity index is 2.79. The average molecular weight is 216 g/mol. The fourth-order valence-electron chi connectivity index (χ4n) is 1.23. The number of aldehydes is 1. The van der Waals surface area contributed by atoms with E-state index in [1.807, 2.05) is 0 Å². The Morgan fingerprint density at radius 3 is 2.20 bits per heavy atom. The van der Waals surface area contributed by atoms with Crippen molar-refractivity contribution >= 4 is 6.29 Å². The minimum absolute atomic E-state index is 0.231. The summed E-state index contributed by atoms with van der Waals surface area (Å²) < 4.78 is 37.6. The van der Waals surface area contributed by atoms with E-state index in [2.05, 4.69) is 0 Å². The first-order valence-electron chi connectivity index (χ1n) is 4.46. The van der Waals surface area contributed by atoms with Crippen molar-refractivity contribution in [2.75, 3.05) is 0 Å². The maximum atomic E-state index is 12.5. The fraction of sp³-hybridized carbons (Fsp3) is 0.364. The van der Waals surface area contributed by atoms with Crippen molar-refractivity contribution in [3.05, 3.63) is 36.5 Å². The van der Waals surface area contributed by atoms with E-state index in [0.717, 1.165) is 19.1 Å². The van der Waals surface area contributed by atoms with Gasteiger partial charge in [0.25, 0.3) is 0 Å². The van der Waals surface area contributed by atoms with Gasteiger partial charge in [-0.25, -0.2) is 0 Å². The van der Waals surface area contributed by atoms with Gasteiger partial charge < -0.3 is 0 Å². The van der Waals surface area contributed by atoms with E-state index in [9.17, 15) is 18.0 Å². The van der Waals surface area contributed by atoms with Gasteiger partial charge in [0.15, 0.2) is 0 Å². The van der Waals surface area contributed by atoms with E-state index in [4.69, 9.17) is 0 Å².